The normalized spacial score (nSPS) is 11.8. The van der Waals surface area contributed by atoms with Crippen LogP contribution in [0.15, 0.2) is 18.2 Å². The number of carbonyl (C=O) groups excluding carboxylic acids is 1. The van der Waals surface area contributed by atoms with Gasteiger partial charge in [0.15, 0.2) is 6.10 Å². The largest absolute Gasteiger partial charge is 0.497 e. The predicted molar refractivity (Wildman–Crippen MR) is 80.7 cm³/mol. The summed E-state index contributed by atoms with van der Waals surface area (Å²) in [5.74, 6) is 1.25. The van der Waals surface area contributed by atoms with Gasteiger partial charge in [-0.05, 0) is 32.2 Å². The molecule has 1 unspecified atom stereocenters. The molecule has 118 valence electrons. The van der Waals surface area contributed by atoms with Crippen LogP contribution >= 0.6 is 0 Å². The molecule has 0 radical (unpaired) electrons. The monoisotopic (exact) mass is 296 g/mol. The first-order valence-electron chi connectivity index (χ1n) is 6.87. The lowest BCUT2D eigenvalue weighted by molar-refractivity contribution is -0.127. The zero-order valence-corrected chi connectivity index (χ0v) is 13.1. The molecule has 0 aliphatic rings. The van der Waals surface area contributed by atoms with Crippen LogP contribution in [0.25, 0.3) is 0 Å². The molecular formula is C15H24N2O4. The zero-order chi connectivity index (χ0) is 15.7. The Morgan fingerprint density at radius 1 is 1.33 bits per heavy atom. The number of ether oxygens (including phenoxy) is 3. The fourth-order valence-corrected chi connectivity index (χ4v) is 1.79. The van der Waals surface area contributed by atoms with Crippen molar-refractivity contribution in [1.29, 1.82) is 0 Å². The summed E-state index contributed by atoms with van der Waals surface area (Å²) >= 11 is 0. The first kappa shape index (κ1) is 17.3. The Kier molecular flexibility index (Phi) is 7.56. The van der Waals surface area contributed by atoms with Gasteiger partial charge < -0.3 is 24.8 Å². The Hall–Kier alpha value is -1.79. The van der Waals surface area contributed by atoms with Gasteiger partial charge in [-0.2, -0.15) is 0 Å². The standard InChI is InChI=1S/C15H24N2O4/c1-11(15(18)17-7-8-19-3)21-14-6-5-13(20-4)9-12(14)10-16-2/h5-6,9,11,16H,7-8,10H2,1-4H3,(H,17,18). The molecule has 0 saturated carbocycles. The van der Waals surface area contributed by atoms with Crippen molar-refractivity contribution >= 4 is 5.91 Å². The first-order chi connectivity index (χ1) is 10.1. The van der Waals surface area contributed by atoms with Crippen molar-refractivity contribution in [3.63, 3.8) is 0 Å². The maximum absolute atomic E-state index is 11.9. The van der Waals surface area contributed by atoms with E-state index in [1.165, 1.54) is 0 Å². The zero-order valence-electron chi connectivity index (χ0n) is 13.1. The van der Waals surface area contributed by atoms with E-state index in [0.717, 1.165) is 11.3 Å². The molecule has 0 aromatic heterocycles. The molecule has 0 aliphatic heterocycles. The smallest absolute Gasteiger partial charge is 0.260 e. The van der Waals surface area contributed by atoms with Crippen LogP contribution < -0.4 is 20.1 Å². The quantitative estimate of drug-likeness (QED) is 0.664. The van der Waals surface area contributed by atoms with Crippen molar-refractivity contribution < 1.29 is 19.0 Å². The minimum Gasteiger partial charge on any atom is -0.497 e. The lowest BCUT2D eigenvalue weighted by Crippen LogP contribution is -2.38. The first-order valence-corrected chi connectivity index (χ1v) is 6.87. The Labute approximate surface area is 125 Å². The average molecular weight is 296 g/mol. The molecule has 1 rings (SSSR count). The van der Waals surface area contributed by atoms with Crippen molar-refractivity contribution in [3.05, 3.63) is 23.8 Å². The topological polar surface area (TPSA) is 68.8 Å². The van der Waals surface area contributed by atoms with Gasteiger partial charge in [0.05, 0.1) is 13.7 Å². The minimum atomic E-state index is -0.578. The third-order valence-corrected chi connectivity index (χ3v) is 2.91. The number of methoxy groups -OCH3 is 2. The summed E-state index contributed by atoms with van der Waals surface area (Å²) in [6, 6.07) is 5.51. The summed E-state index contributed by atoms with van der Waals surface area (Å²) in [7, 11) is 5.06. The molecule has 1 aromatic carbocycles. The molecule has 0 saturated heterocycles. The molecule has 6 heteroatoms. The number of hydrogen-bond donors (Lipinski definition) is 2. The second kappa shape index (κ2) is 9.20. The molecule has 6 nitrogen and oxygen atoms in total. The Balaban J connectivity index is 2.69. The fourth-order valence-electron chi connectivity index (χ4n) is 1.79. The molecule has 21 heavy (non-hydrogen) atoms. The predicted octanol–water partition coefficient (Wildman–Crippen LogP) is 0.945. The summed E-state index contributed by atoms with van der Waals surface area (Å²) in [5, 5.41) is 5.82. The van der Waals surface area contributed by atoms with Crippen LogP contribution in [0.5, 0.6) is 11.5 Å². The van der Waals surface area contributed by atoms with E-state index in [2.05, 4.69) is 10.6 Å². The molecule has 0 aliphatic carbocycles. The molecule has 0 heterocycles. The highest BCUT2D eigenvalue weighted by Gasteiger charge is 2.16. The van der Waals surface area contributed by atoms with E-state index < -0.39 is 6.10 Å². The molecule has 1 amide bonds. The van der Waals surface area contributed by atoms with Gasteiger partial charge in [0, 0.05) is 25.8 Å². The molecule has 1 aromatic rings. The van der Waals surface area contributed by atoms with Crippen LogP contribution in [0.1, 0.15) is 12.5 Å². The van der Waals surface area contributed by atoms with Gasteiger partial charge in [0.25, 0.3) is 5.91 Å². The number of nitrogens with one attached hydrogen (secondary N) is 2. The molecule has 0 spiro atoms. The van der Waals surface area contributed by atoms with E-state index in [1.54, 1.807) is 21.1 Å². The number of rotatable bonds is 9. The van der Waals surface area contributed by atoms with Crippen molar-refractivity contribution in [2.75, 3.05) is 34.4 Å². The van der Waals surface area contributed by atoms with Crippen LogP contribution in [-0.4, -0.2) is 46.4 Å². The third-order valence-electron chi connectivity index (χ3n) is 2.91. The lowest BCUT2D eigenvalue weighted by atomic mass is 10.2. The number of benzene rings is 1. The Bertz CT molecular complexity index is 451. The van der Waals surface area contributed by atoms with Crippen molar-refractivity contribution in [2.24, 2.45) is 0 Å². The molecule has 0 bridgehead atoms. The van der Waals surface area contributed by atoms with Gasteiger partial charge in [0.2, 0.25) is 0 Å². The van der Waals surface area contributed by atoms with Crippen LogP contribution in [0.4, 0.5) is 0 Å². The van der Waals surface area contributed by atoms with E-state index in [0.29, 0.717) is 25.4 Å². The van der Waals surface area contributed by atoms with Gasteiger partial charge in [0.1, 0.15) is 11.5 Å². The lowest BCUT2D eigenvalue weighted by Gasteiger charge is -2.18. The van der Waals surface area contributed by atoms with Gasteiger partial charge in [-0.15, -0.1) is 0 Å². The van der Waals surface area contributed by atoms with Crippen LogP contribution in [0.3, 0.4) is 0 Å². The second-order valence-electron chi connectivity index (χ2n) is 4.55. The third kappa shape index (κ3) is 5.61. The highest BCUT2D eigenvalue weighted by molar-refractivity contribution is 5.80. The summed E-state index contributed by atoms with van der Waals surface area (Å²) in [6.07, 6.45) is -0.578. The average Bonchev–Trinajstić information content (AvgIpc) is 2.49. The van der Waals surface area contributed by atoms with Gasteiger partial charge in [-0.3, -0.25) is 4.79 Å². The molecule has 0 fully saturated rings. The highest BCUT2D eigenvalue weighted by atomic mass is 16.5. The summed E-state index contributed by atoms with van der Waals surface area (Å²) in [4.78, 5) is 11.9. The number of hydrogen-bond acceptors (Lipinski definition) is 5. The van der Waals surface area contributed by atoms with Gasteiger partial charge >= 0.3 is 0 Å². The minimum absolute atomic E-state index is 0.168. The van der Waals surface area contributed by atoms with E-state index in [1.807, 2.05) is 25.2 Å². The van der Waals surface area contributed by atoms with Crippen molar-refractivity contribution in [2.45, 2.75) is 19.6 Å². The maximum atomic E-state index is 11.9. The summed E-state index contributed by atoms with van der Waals surface area (Å²) < 4.78 is 15.8. The van der Waals surface area contributed by atoms with Crippen molar-refractivity contribution in [1.82, 2.24) is 10.6 Å². The highest BCUT2D eigenvalue weighted by Crippen LogP contribution is 2.25. The van der Waals surface area contributed by atoms with Crippen LogP contribution in [0.2, 0.25) is 0 Å². The van der Waals surface area contributed by atoms with Gasteiger partial charge in [-0.1, -0.05) is 0 Å². The fraction of sp³-hybridized carbons (Fsp3) is 0.533. The second-order valence-corrected chi connectivity index (χ2v) is 4.55. The summed E-state index contributed by atoms with van der Waals surface area (Å²) in [6.45, 7) is 3.29. The molecule has 1 atom stereocenters. The van der Waals surface area contributed by atoms with Crippen LogP contribution in [0, 0.1) is 0 Å². The number of amides is 1. The maximum Gasteiger partial charge on any atom is 0.260 e. The van der Waals surface area contributed by atoms with Crippen molar-refractivity contribution in [3.8, 4) is 11.5 Å². The number of carbonyl (C=O) groups is 1. The summed E-state index contributed by atoms with van der Waals surface area (Å²) in [5.41, 5.74) is 0.938. The van der Waals surface area contributed by atoms with E-state index >= 15 is 0 Å². The Morgan fingerprint density at radius 2 is 2.10 bits per heavy atom. The van der Waals surface area contributed by atoms with E-state index in [4.69, 9.17) is 14.2 Å². The molecular weight excluding hydrogens is 272 g/mol. The van der Waals surface area contributed by atoms with Gasteiger partial charge in [-0.25, -0.2) is 0 Å². The van der Waals surface area contributed by atoms with E-state index in [-0.39, 0.29) is 5.91 Å². The van der Waals surface area contributed by atoms with E-state index in [9.17, 15) is 4.79 Å². The Morgan fingerprint density at radius 3 is 2.71 bits per heavy atom. The van der Waals surface area contributed by atoms with Crippen LogP contribution in [-0.2, 0) is 16.1 Å². The molecule has 2 N–H and O–H groups in total. The SMILES string of the molecule is CNCc1cc(OC)ccc1OC(C)C(=O)NCCOC.